The summed E-state index contributed by atoms with van der Waals surface area (Å²) in [5.41, 5.74) is 5.21. The van der Waals surface area contributed by atoms with Crippen LogP contribution in [0.25, 0.3) is 97.9 Å². The summed E-state index contributed by atoms with van der Waals surface area (Å²) in [6.45, 7) is 0. The van der Waals surface area contributed by atoms with Crippen molar-refractivity contribution in [2.45, 2.75) is 0 Å². The van der Waals surface area contributed by atoms with Crippen molar-refractivity contribution in [2.75, 3.05) is 0 Å². The van der Waals surface area contributed by atoms with Crippen molar-refractivity contribution in [3.05, 3.63) is 218 Å². The largest absolute Gasteiger partial charge is 0.309 e. The van der Waals surface area contributed by atoms with Crippen LogP contribution < -0.4 is 15.9 Å². The minimum Gasteiger partial charge on any atom is -0.309 e. The van der Waals surface area contributed by atoms with Crippen molar-refractivity contribution >= 4 is 98.6 Å². The zero-order valence-electron chi connectivity index (χ0n) is 32.6. The third-order valence-electron chi connectivity index (χ3n) is 12.5. The SMILES string of the molecule is O=P(c1ccc2ccccc2c1)(c1ccc2ccccc2c1)c1ccc(-c2ccc3c(c2)c(-c2ccccc2)nc2c4ccccc4c4ccccc4c32)c2ccccc12. The summed E-state index contributed by atoms with van der Waals surface area (Å²) in [6, 6.07) is 76.8. The third kappa shape index (κ3) is 5.28. The molecule has 12 rings (SSSR count). The second-order valence-electron chi connectivity index (χ2n) is 15.8. The molecule has 0 aliphatic heterocycles. The molecule has 0 aliphatic rings. The quantitative estimate of drug-likeness (QED) is 0.129. The molecule has 0 fully saturated rings. The molecule has 60 heavy (non-hydrogen) atoms. The molecule has 0 saturated heterocycles. The molecule has 0 spiro atoms. The van der Waals surface area contributed by atoms with Gasteiger partial charge in [-0.3, -0.25) is 0 Å². The molecule has 0 unspecified atom stereocenters. The predicted molar refractivity (Wildman–Crippen MR) is 257 cm³/mol. The third-order valence-corrected chi connectivity index (χ3v) is 15.5. The van der Waals surface area contributed by atoms with Crippen molar-refractivity contribution < 1.29 is 4.57 Å². The summed E-state index contributed by atoms with van der Waals surface area (Å²) in [7, 11) is -3.41. The van der Waals surface area contributed by atoms with Crippen LogP contribution in [0.3, 0.4) is 0 Å². The molecule has 0 N–H and O–H groups in total. The summed E-state index contributed by atoms with van der Waals surface area (Å²) < 4.78 is 16.5. The van der Waals surface area contributed by atoms with Gasteiger partial charge in [0.15, 0.2) is 7.14 Å². The van der Waals surface area contributed by atoms with Crippen LogP contribution in [0.1, 0.15) is 0 Å². The van der Waals surface area contributed by atoms with E-state index in [1.54, 1.807) is 0 Å². The summed E-state index contributed by atoms with van der Waals surface area (Å²) in [5, 5.41) is 17.1. The van der Waals surface area contributed by atoms with E-state index in [9.17, 15) is 0 Å². The van der Waals surface area contributed by atoms with E-state index in [1.807, 2.05) is 12.1 Å². The van der Waals surface area contributed by atoms with Gasteiger partial charge in [-0.05, 0) is 89.3 Å². The van der Waals surface area contributed by atoms with Gasteiger partial charge in [0.2, 0.25) is 0 Å². The van der Waals surface area contributed by atoms with Crippen LogP contribution >= 0.6 is 7.14 Å². The van der Waals surface area contributed by atoms with Gasteiger partial charge in [0.1, 0.15) is 0 Å². The Morgan fingerprint density at radius 3 is 1.52 bits per heavy atom. The first-order valence-electron chi connectivity index (χ1n) is 20.5. The van der Waals surface area contributed by atoms with Gasteiger partial charge >= 0.3 is 0 Å². The van der Waals surface area contributed by atoms with Crippen LogP contribution in [0.4, 0.5) is 0 Å². The molecule has 280 valence electrons. The highest BCUT2D eigenvalue weighted by Gasteiger charge is 2.32. The highest BCUT2D eigenvalue weighted by atomic mass is 31.2. The Labute approximate surface area is 347 Å². The predicted octanol–water partition coefficient (Wildman–Crippen LogP) is 14.1. The van der Waals surface area contributed by atoms with E-state index in [0.717, 1.165) is 92.3 Å². The number of benzene rings is 11. The van der Waals surface area contributed by atoms with Gasteiger partial charge in [-0.15, -0.1) is 0 Å². The number of hydrogen-bond acceptors (Lipinski definition) is 2. The van der Waals surface area contributed by atoms with Gasteiger partial charge in [-0.1, -0.05) is 194 Å². The standard InChI is InChI=1S/C57H36NOP/c59-60(43-29-26-37-14-4-6-18-40(37)34-43,44-30-27-38-15-5-7-19-41(38)35-44)54-33-32-45(46-20-8-11-23-49(46)54)42-28-31-51-53(36-42)56(39-16-2-1-3-17-39)58-57-52-25-13-10-22-48(52)47-21-9-12-24-50(47)55(51)57/h1-36H. The van der Waals surface area contributed by atoms with Crippen LogP contribution in [-0.4, -0.2) is 4.98 Å². The van der Waals surface area contributed by atoms with Gasteiger partial charge in [-0.25, -0.2) is 4.98 Å². The lowest BCUT2D eigenvalue weighted by Gasteiger charge is -2.24. The second-order valence-corrected chi connectivity index (χ2v) is 18.5. The molecular formula is C57H36NOP. The highest BCUT2D eigenvalue weighted by molar-refractivity contribution is 7.85. The fourth-order valence-corrected chi connectivity index (χ4v) is 12.5. The van der Waals surface area contributed by atoms with Gasteiger partial charge < -0.3 is 4.57 Å². The van der Waals surface area contributed by atoms with Gasteiger partial charge in [0.25, 0.3) is 0 Å². The Hall–Kier alpha value is -7.38. The molecule has 1 aromatic heterocycles. The van der Waals surface area contributed by atoms with Crippen molar-refractivity contribution in [1.82, 2.24) is 4.98 Å². The summed E-state index contributed by atoms with van der Waals surface area (Å²) in [4.78, 5) is 5.57. The zero-order chi connectivity index (χ0) is 39.8. The average molecular weight is 782 g/mol. The number of fused-ring (bicyclic) bond motifs is 11. The maximum atomic E-state index is 16.5. The first kappa shape index (κ1) is 34.6. The number of pyridine rings is 1. The summed E-state index contributed by atoms with van der Waals surface area (Å²) in [5.74, 6) is 0. The molecule has 0 bridgehead atoms. The number of nitrogens with zero attached hydrogens (tertiary/aromatic N) is 1. The van der Waals surface area contributed by atoms with Crippen LogP contribution in [0.15, 0.2) is 218 Å². The van der Waals surface area contributed by atoms with Gasteiger partial charge in [0.05, 0.1) is 11.2 Å². The van der Waals surface area contributed by atoms with Crippen molar-refractivity contribution in [3.8, 4) is 22.4 Å². The molecule has 1 heterocycles. The number of aromatic nitrogens is 1. The van der Waals surface area contributed by atoms with Crippen molar-refractivity contribution in [1.29, 1.82) is 0 Å². The molecule has 3 heteroatoms. The lowest BCUT2D eigenvalue weighted by atomic mass is 9.90. The maximum Gasteiger partial charge on any atom is 0.171 e. The van der Waals surface area contributed by atoms with E-state index in [-0.39, 0.29) is 0 Å². The highest BCUT2D eigenvalue weighted by Crippen LogP contribution is 2.48. The van der Waals surface area contributed by atoms with E-state index in [0.29, 0.717) is 0 Å². The average Bonchev–Trinajstić information content (AvgIpc) is 3.33. The summed E-state index contributed by atoms with van der Waals surface area (Å²) in [6.07, 6.45) is 0. The molecule has 2 nitrogen and oxygen atoms in total. The lowest BCUT2D eigenvalue weighted by Crippen LogP contribution is -2.26. The van der Waals surface area contributed by atoms with E-state index < -0.39 is 7.14 Å². The number of rotatable bonds is 5. The molecule has 0 saturated carbocycles. The van der Waals surface area contributed by atoms with E-state index in [2.05, 4.69) is 206 Å². The normalized spacial score (nSPS) is 12.1. The molecule has 12 aromatic rings. The molecular weight excluding hydrogens is 746 g/mol. The first-order chi connectivity index (χ1) is 29.6. The minimum absolute atomic E-state index is 0.824. The molecule has 0 aliphatic carbocycles. The fourth-order valence-electron chi connectivity index (χ4n) is 9.61. The van der Waals surface area contributed by atoms with Crippen molar-refractivity contribution in [3.63, 3.8) is 0 Å². The topological polar surface area (TPSA) is 30.0 Å². The van der Waals surface area contributed by atoms with Crippen molar-refractivity contribution in [2.24, 2.45) is 0 Å². The molecule has 0 atom stereocenters. The molecule has 0 radical (unpaired) electrons. The maximum absolute atomic E-state index is 16.5. The Balaban J connectivity index is 1.13. The minimum atomic E-state index is -3.41. The Bertz CT molecular complexity index is 3680. The lowest BCUT2D eigenvalue weighted by molar-refractivity contribution is 0.592. The van der Waals surface area contributed by atoms with Gasteiger partial charge in [-0.2, -0.15) is 0 Å². The smallest absolute Gasteiger partial charge is 0.171 e. The van der Waals surface area contributed by atoms with E-state index in [4.69, 9.17) is 4.98 Å². The fraction of sp³-hybridized carbons (Fsp3) is 0. The van der Waals surface area contributed by atoms with Crippen LogP contribution in [0.2, 0.25) is 0 Å². The Kier molecular flexibility index (Phi) is 7.85. The zero-order valence-corrected chi connectivity index (χ0v) is 33.5. The summed E-state index contributed by atoms with van der Waals surface area (Å²) >= 11 is 0. The second kappa shape index (κ2) is 13.6. The Morgan fingerprint density at radius 1 is 0.333 bits per heavy atom. The van der Waals surface area contributed by atoms with Gasteiger partial charge in [0, 0.05) is 37.6 Å². The molecule has 0 amide bonds. The van der Waals surface area contributed by atoms with E-state index in [1.165, 1.54) is 21.5 Å². The number of hydrogen-bond donors (Lipinski definition) is 0. The first-order valence-corrected chi connectivity index (χ1v) is 22.2. The Morgan fingerprint density at radius 2 is 0.850 bits per heavy atom. The monoisotopic (exact) mass is 781 g/mol. The van der Waals surface area contributed by atoms with Crippen LogP contribution in [0.5, 0.6) is 0 Å². The van der Waals surface area contributed by atoms with Crippen LogP contribution in [-0.2, 0) is 4.57 Å². The van der Waals surface area contributed by atoms with Crippen LogP contribution in [0, 0.1) is 0 Å². The molecule has 11 aromatic carbocycles. The van der Waals surface area contributed by atoms with E-state index >= 15 is 4.57 Å².